The molecule has 0 unspecified atom stereocenters. The summed E-state index contributed by atoms with van der Waals surface area (Å²) in [6.45, 7) is 3.67. The minimum Gasteiger partial charge on any atom is -0.494 e. The summed E-state index contributed by atoms with van der Waals surface area (Å²) < 4.78 is 18.2. The van der Waals surface area contributed by atoms with Gasteiger partial charge in [0.2, 0.25) is 0 Å². The van der Waals surface area contributed by atoms with E-state index in [9.17, 15) is 9.18 Å². The van der Waals surface area contributed by atoms with Crippen molar-refractivity contribution in [3.8, 4) is 5.75 Å². The number of amides is 1. The number of ether oxygens (including phenoxy) is 1. The Bertz CT molecular complexity index is 441. The zero-order valence-corrected chi connectivity index (χ0v) is 10.2. The van der Waals surface area contributed by atoms with Crippen molar-refractivity contribution in [1.29, 1.82) is 0 Å². The summed E-state index contributed by atoms with van der Waals surface area (Å²) in [7, 11) is 1.39. The normalized spacial score (nSPS) is 11.2. The minimum absolute atomic E-state index is 0.156. The molecule has 0 atom stereocenters. The summed E-state index contributed by atoms with van der Waals surface area (Å²) in [4.78, 5) is 11.6. The van der Waals surface area contributed by atoms with Gasteiger partial charge in [-0.1, -0.05) is 13.0 Å². The van der Waals surface area contributed by atoms with Crippen molar-refractivity contribution in [2.24, 2.45) is 0 Å². The molecule has 0 fully saturated rings. The van der Waals surface area contributed by atoms with Crippen LogP contribution in [0.15, 0.2) is 29.8 Å². The molecule has 0 saturated carbocycles. The molecule has 0 aliphatic rings. The highest BCUT2D eigenvalue weighted by Crippen LogP contribution is 2.20. The summed E-state index contributed by atoms with van der Waals surface area (Å²) in [6, 6.07) is 4.30. The van der Waals surface area contributed by atoms with E-state index in [0.29, 0.717) is 11.3 Å². The lowest BCUT2D eigenvalue weighted by molar-refractivity contribution is -0.112. The van der Waals surface area contributed by atoms with Gasteiger partial charge in [-0.15, -0.1) is 0 Å². The van der Waals surface area contributed by atoms with Gasteiger partial charge in [0, 0.05) is 17.3 Å². The Morgan fingerprint density at radius 1 is 1.53 bits per heavy atom. The molecular formula is C13H16FNO2. The molecule has 1 aromatic rings. The smallest absolute Gasteiger partial charge is 0.250 e. The molecule has 0 aliphatic heterocycles. The molecule has 1 rings (SSSR count). The Labute approximate surface area is 100 Å². The van der Waals surface area contributed by atoms with Gasteiger partial charge in [-0.25, -0.2) is 4.39 Å². The summed E-state index contributed by atoms with van der Waals surface area (Å²) in [5.41, 5.74) is 1.03. The number of allylic oxidation sites excluding steroid dienone is 1. The molecule has 1 aromatic carbocycles. The molecule has 0 aromatic heterocycles. The van der Waals surface area contributed by atoms with E-state index in [4.69, 9.17) is 4.74 Å². The van der Waals surface area contributed by atoms with Gasteiger partial charge in [-0.3, -0.25) is 4.79 Å². The van der Waals surface area contributed by atoms with E-state index in [1.165, 1.54) is 19.2 Å². The summed E-state index contributed by atoms with van der Waals surface area (Å²) in [5.74, 6) is -0.567. The van der Waals surface area contributed by atoms with Gasteiger partial charge < -0.3 is 10.1 Å². The number of hydrogen-bond donors (Lipinski definition) is 1. The van der Waals surface area contributed by atoms with Gasteiger partial charge in [0.1, 0.15) is 0 Å². The van der Waals surface area contributed by atoms with Crippen LogP contribution in [-0.2, 0) is 4.79 Å². The monoisotopic (exact) mass is 237 g/mol. The number of carbonyl (C=O) groups excluding carboxylic acids is 1. The Kier molecular flexibility index (Phi) is 4.69. The first kappa shape index (κ1) is 13.2. The standard InChI is InChI=1S/C13H16FNO2/c1-4-5-9(2)13(16)15-10-6-7-12(17-3)11(14)8-10/h5-8H,4H2,1-3H3,(H,15,16)/b9-5-. The third kappa shape index (κ3) is 3.59. The van der Waals surface area contributed by atoms with E-state index in [1.807, 2.05) is 13.0 Å². The second-order valence-corrected chi connectivity index (χ2v) is 3.60. The third-order valence-corrected chi connectivity index (χ3v) is 2.28. The van der Waals surface area contributed by atoms with Crippen molar-refractivity contribution in [2.75, 3.05) is 12.4 Å². The summed E-state index contributed by atoms with van der Waals surface area (Å²) in [5, 5.41) is 2.62. The quantitative estimate of drug-likeness (QED) is 0.817. The molecule has 92 valence electrons. The van der Waals surface area contributed by atoms with Crippen molar-refractivity contribution >= 4 is 11.6 Å². The zero-order chi connectivity index (χ0) is 12.8. The van der Waals surface area contributed by atoms with Gasteiger partial charge in [0.25, 0.3) is 5.91 Å². The lowest BCUT2D eigenvalue weighted by Gasteiger charge is -2.07. The Balaban J connectivity index is 2.79. The van der Waals surface area contributed by atoms with Crippen molar-refractivity contribution in [2.45, 2.75) is 20.3 Å². The average molecular weight is 237 g/mol. The number of rotatable bonds is 4. The molecule has 0 heterocycles. The van der Waals surface area contributed by atoms with Crippen molar-refractivity contribution in [3.05, 3.63) is 35.7 Å². The number of benzene rings is 1. The van der Waals surface area contributed by atoms with Crippen LogP contribution in [-0.4, -0.2) is 13.0 Å². The van der Waals surface area contributed by atoms with E-state index >= 15 is 0 Å². The fourth-order valence-electron chi connectivity index (χ4n) is 1.37. The van der Waals surface area contributed by atoms with E-state index in [2.05, 4.69) is 5.32 Å². The molecule has 0 spiro atoms. The maximum absolute atomic E-state index is 13.4. The fraction of sp³-hybridized carbons (Fsp3) is 0.308. The van der Waals surface area contributed by atoms with Crippen LogP contribution in [0.1, 0.15) is 20.3 Å². The minimum atomic E-state index is -0.498. The van der Waals surface area contributed by atoms with Crippen LogP contribution in [0.25, 0.3) is 0 Å². The first-order chi connectivity index (χ1) is 8.08. The van der Waals surface area contributed by atoms with Crippen LogP contribution < -0.4 is 10.1 Å². The van der Waals surface area contributed by atoms with Crippen molar-refractivity contribution in [3.63, 3.8) is 0 Å². The summed E-state index contributed by atoms with van der Waals surface area (Å²) in [6.07, 6.45) is 2.60. The van der Waals surface area contributed by atoms with Crippen LogP contribution in [0, 0.1) is 5.82 Å². The van der Waals surface area contributed by atoms with E-state index < -0.39 is 5.82 Å². The Morgan fingerprint density at radius 2 is 2.24 bits per heavy atom. The second kappa shape index (κ2) is 6.03. The predicted molar refractivity (Wildman–Crippen MR) is 65.6 cm³/mol. The number of methoxy groups -OCH3 is 1. The van der Waals surface area contributed by atoms with Crippen LogP contribution in [0.4, 0.5) is 10.1 Å². The molecule has 0 radical (unpaired) electrons. The van der Waals surface area contributed by atoms with Gasteiger partial charge in [-0.05, 0) is 25.5 Å². The highest BCUT2D eigenvalue weighted by atomic mass is 19.1. The lowest BCUT2D eigenvalue weighted by Crippen LogP contribution is -2.12. The molecule has 4 heteroatoms. The summed E-state index contributed by atoms with van der Waals surface area (Å²) >= 11 is 0. The molecule has 0 aliphatic carbocycles. The Morgan fingerprint density at radius 3 is 2.76 bits per heavy atom. The molecule has 17 heavy (non-hydrogen) atoms. The molecular weight excluding hydrogens is 221 g/mol. The average Bonchev–Trinajstić information content (AvgIpc) is 2.29. The first-order valence-corrected chi connectivity index (χ1v) is 5.40. The van der Waals surface area contributed by atoms with Gasteiger partial charge >= 0.3 is 0 Å². The predicted octanol–water partition coefficient (Wildman–Crippen LogP) is 3.13. The molecule has 1 N–H and O–H groups in total. The zero-order valence-electron chi connectivity index (χ0n) is 10.2. The Hall–Kier alpha value is -1.84. The number of halogens is 1. The van der Waals surface area contributed by atoms with Crippen LogP contribution in [0.3, 0.4) is 0 Å². The van der Waals surface area contributed by atoms with Gasteiger partial charge in [0.05, 0.1) is 7.11 Å². The van der Waals surface area contributed by atoms with E-state index in [1.54, 1.807) is 13.0 Å². The topological polar surface area (TPSA) is 38.3 Å². The maximum Gasteiger partial charge on any atom is 0.250 e. The van der Waals surface area contributed by atoms with E-state index in [-0.39, 0.29) is 11.7 Å². The highest BCUT2D eigenvalue weighted by Gasteiger charge is 2.07. The fourth-order valence-corrected chi connectivity index (χ4v) is 1.37. The van der Waals surface area contributed by atoms with Crippen LogP contribution in [0.2, 0.25) is 0 Å². The van der Waals surface area contributed by atoms with Gasteiger partial charge in [-0.2, -0.15) is 0 Å². The van der Waals surface area contributed by atoms with Gasteiger partial charge in [0.15, 0.2) is 11.6 Å². The number of hydrogen-bond acceptors (Lipinski definition) is 2. The van der Waals surface area contributed by atoms with Crippen molar-refractivity contribution in [1.82, 2.24) is 0 Å². The number of nitrogens with one attached hydrogen (secondary N) is 1. The second-order valence-electron chi connectivity index (χ2n) is 3.60. The largest absolute Gasteiger partial charge is 0.494 e. The lowest BCUT2D eigenvalue weighted by atomic mass is 10.2. The van der Waals surface area contributed by atoms with Crippen molar-refractivity contribution < 1.29 is 13.9 Å². The van der Waals surface area contributed by atoms with E-state index in [0.717, 1.165) is 6.42 Å². The number of carbonyl (C=O) groups is 1. The van der Waals surface area contributed by atoms with Crippen LogP contribution >= 0.6 is 0 Å². The SMILES string of the molecule is CC/C=C(/C)C(=O)Nc1ccc(OC)c(F)c1. The first-order valence-electron chi connectivity index (χ1n) is 5.40. The maximum atomic E-state index is 13.4. The third-order valence-electron chi connectivity index (χ3n) is 2.28. The number of anilines is 1. The molecule has 0 saturated heterocycles. The van der Waals surface area contributed by atoms with Crippen LogP contribution in [0.5, 0.6) is 5.75 Å². The molecule has 0 bridgehead atoms. The molecule has 1 amide bonds. The highest BCUT2D eigenvalue weighted by molar-refractivity contribution is 6.03. The molecule has 3 nitrogen and oxygen atoms in total.